The Kier molecular flexibility index (Phi) is 5.05. The molecule has 0 bridgehead atoms. The maximum Gasteiger partial charge on any atom is 0.336 e. The van der Waals surface area contributed by atoms with E-state index in [-0.39, 0.29) is 0 Å². The van der Waals surface area contributed by atoms with Crippen LogP contribution in [0.3, 0.4) is 0 Å². The summed E-state index contributed by atoms with van der Waals surface area (Å²) in [5.41, 5.74) is 1.36. The minimum Gasteiger partial charge on any atom is -0.496 e. The van der Waals surface area contributed by atoms with Gasteiger partial charge in [-0.2, -0.15) is 0 Å². The Morgan fingerprint density at radius 2 is 1.48 bits per heavy atom. The van der Waals surface area contributed by atoms with Crippen LogP contribution in [0.15, 0.2) is 47.8 Å². The van der Waals surface area contributed by atoms with Gasteiger partial charge in [0.15, 0.2) is 0 Å². The molecule has 0 saturated carbocycles. The molecule has 0 aromatic heterocycles. The van der Waals surface area contributed by atoms with E-state index in [0.717, 1.165) is 0 Å². The van der Waals surface area contributed by atoms with Crippen molar-refractivity contribution in [1.82, 2.24) is 4.90 Å². The van der Waals surface area contributed by atoms with Gasteiger partial charge in [0, 0.05) is 25.0 Å². The van der Waals surface area contributed by atoms with E-state index in [1.165, 1.54) is 21.3 Å². The molecule has 1 aliphatic heterocycles. The van der Waals surface area contributed by atoms with Crippen molar-refractivity contribution >= 4 is 11.9 Å². The molecule has 1 aromatic rings. The third kappa shape index (κ3) is 3.21. The number of hydrogen-bond donors (Lipinski definition) is 0. The van der Waals surface area contributed by atoms with Gasteiger partial charge in [-0.1, -0.05) is 18.2 Å². The molecular weight excluding hydrogens is 298 g/mol. The van der Waals surface area contributed by atoms with Crippen molar-refractivity contribution in [2.75, 3.05) is 28.4 Å². The SMILES string of the molecule is COC(=O)C1=CN(C)C=C(C(=O)OC)C1c1ccccc1OC. The van der Waals surface area contributed by atoms with Crippen molar-refractivity contribution in [3.63, 3.8) is 0 Å². The van der Waals surface area contributed by atoms with Crippen LogP contribution in [-0.2, 0) is 19.1 Å². The highest BCUT2D eigenvalue weighted by atomic mass is 16.5. The number of carbonyl (C=O) groups excluding carboxylic acids is 2. The van der Waals surface area contributed by atoms with Gasteiger partial charge in [0.05, 0.1) is 38.4 Å². The van der Waals surface area contributed by atoms with Crippen LogP contribution >= 0.6 is 0 Å². The normalized spacial score (nSPS) is 14.7. The fourth-order valence-corrected chi connectivity index (χ4v) is 2.61. The van der Waals surface area contributed by atoms with Crippen molar-refractivity contribution in [3.8, 4) is 5.75 Å². The largest absolute Gasteiger partial charge is 0.496 e. The predicted octanol–water partition coefficient (Wildman–Crippen LogP) is 1.84. The summed E-state index contributed by atoms with van der Waals surface area (Å²) in [4.78, 5) is 26.1. The number of para-hydroxylation sites is 1. The third-order valence-corrected chi connectivity index (χ3v) is 3.60. The molecular formula is C17H19NO5. The van der Waals surface area contributed by atoms with Crippen LogP contribution in [0, 0.1) is 0 Å². The zero-order chi connectivity index (χ0) is 17.0. The summed E-state index contributed by atoms with van der Waals surface area (Å²) in [6.45, 7) is 0. The van der Waals surface area contributed by atoms with E-state index in [1.54, 1.807) is 30.4 Å². The fraction of sp³-hybridized carbons (Fsp3) is 0.294. The zero-order valence-corrected chi connectivity index (χ0v) is 13.5. The van der Waals surface area contributed by atoms with Crippen LogP contribution in [0.25, 0.3) is 0 Å². The van der Waals surface area contributed by atoms with Gasteiger partial charge >= 0.3 is 11.9 Å². The van der Waals surface area contributed by atoms with Gasteiger partial charge in [0.2, 0.25) is 0 Å². The van der Waals surface area contributed by atoms with Crippen molar-refractivity contribution < 1.29 is 23.8 Å². The molecule has 122 valence electrons. The van der Waals surface area contributed by atoms with Gasteiger partial charge in [0.25, 0.3) is 0 Å². The first-order valence-corrected chi connectivity index (χ1v) is 6.98. The average molecular weight is 317 g/mol. The number of rotatable bonds is 4. The summed E-state index contributed by atoms with van der Waals surface area (Å²) >= 11 is 0. The number of methoxy groups -OCH3 is 3. The molecule has 0 amide bonds. The van der Waals surface area contributed by atoms with Gasteiger partial charge in [-0.05, 0) is 6.07 Å². The van der Waals surface area contributed by atoms with Crippen LogP contribution in [0.4, 0.5) is 0 Å². The second kappa shape index (κ2) is 7.00. The number of hydrogen-bond acceptors (Lipinski definition) is 6. The minimum atomic E-state index is -0.623. The predicted molar refractivity (Wildman–Crippen MR) is 83.7 cm³/mol. The molecule has 2 rings (SSSR count). The summed E-state index contributed by atoms with van der Waals surface area (Å²) in [7, 11) is 5.87. The van der Waals surface area contributed by atoms with Crippen LogP contribution < -0.4 is 4.74 Å². The van der Waals surface area contributed by atoms with Crippen molar-refractivity contribution in [2.45, 2.75) is 5.92 Å². The van der Waals surface area contributed by atoms with Crippen molar-refractivity contribution in [1.29, 1.82) is 0 Å². The smallest absolute Gasteiger partial charge is 0.336 e. The molecule has 0 saturated heterocycles. The lowest BCUT2D eigenvalue weighted by molar-refractivity contribution is -0.137. The molecule has 0 radical (unpaired) electrons. The Labute approximate surface area is 134 Å². The second-order valence-corrected chi connectivity index (χ2v) is 4.99. The quantitative estimate of drug-likeness (QED) is 0.790. The summed E-state index contributed by atoms with van der Waals surface area (Å²) in [5, 5.41) is 0. The van der Waals surface area contributed by atoms with E-state index >= 15 is 0 Å². The molecule has 0 N–H and O–H groups in total. The van der Waals surface area contributed by atoms with Gasteiger partial charge in [-0.3, -0.25) is 0 Å². The van der Waals surface area contributed by atoms with E-state index in [0.29, 0.717) is 22.5 Å². The first-order valence-electron chi connectivity index (χ1n) is 6.98. The summed E-state index contributed by atoms with van der Waals surface area (Å²) in [6, 6.07) is 7.22. The number of ether oxygens (including phenoxy) is 3. The third-order valence-electron chi connectivity index (χ3n) is 3.60. The Hall–Kier alpha value is -2.76. The molecule has 23 heavy (non-hydrogen) atoms. The van der Waals surface area contributed by atoms with Gasteiger partial charge < -0.3 is 19.1 Å². The van der Waals surface area contributed by atoms with E-state index in [1.807, 2.05) is 18.2 Å². The highest BCUT2D eigenvalue weighted by Gasteiger charge is 2.36. The Morgan fingerprint density at radius 1 is 0.957 bits per heavy atom. The lowest BCUT2D eigenvalue weighted by atomic mass is 9.83. The molecule has 0 fully saturated rings. The maximum atomic E-state index is 12.2. The molecule has 1 heterocycles. The van der Waals surface area contributed by atoms with Crippen LogP contribution in [-0.4, -0.2) is 45.2 Å². The molecule has 1 aliphatic rings. The Bertz CT molecular complexity index is 643. The van der Waals surface area contributed by atoms with E-state index < -0.39 is 17.9 Å². The topological polar surface area (TPSA) is 65.1 Å². The van der Waals surface area contributed by atoms with E-state index in [4.69, 9.17) is 14.2 Å². The first-order chi connectivity index (χ1) is 11.0. The average Bonchev–Trinajstić information content (AvgIpc) is 2.59. The van der Waals surface area contributed by atoms with Crippen molar-refractivity contribution in [3.05, 3.63) is 53.4 Å². The molecule has 0 spiro atoms. The summed E-state index contributed by atoms with van der Waals surface area (Å²) < 4.78 is 15.1. The van der Waals surface area contributed by atoms with E-state index in [2.05, 4.69) is 0 Å². The molecule has 6 heteroatoms. The summed E-state index contributed by atoms with van der Waals surface area (Å²) in [6.07, 6.45) is 3.27. The molecule has 0 aliphatic carbocycles. The van der Waals surface area contributed by atoms with Crippen LogP contribution in [0.1, 0.15) is 11.5 Å². The number of esters is 2. The minimum absolute atomic E-state index is 0.336. The number of benzene rings is 1. The number of carbonyl (C=O) groups is 2. The van der Waals surface area contributed by atoms with Gasteiger partial charge in [-0.15, -0.1) is 0 Å². The Morgan fingerprint density at radius 3 is 1.96 bits per heavy atom. The van der Waals surface area contributed by atoms with Gasteiger partial charge in [-0.25, -0.2) is 9.59 Å². The first kappa shape index (κ1) is 16.6. The summed E-state index contributed by atoms with van der Waals surface area (Å²) in [5.74, 6) is -1.07. The lowest BCUT2D eigenvalue weighted by Gasteiger charge is -2.28. The standard InChI is InChI=1S/C17H19NO5/c1-18-9-12(16(19)22-3)15(13(10-18)17(20)23-4)11-7-5-6-8-14(11)21-2/h5-10,15H,1-4H3. The Balaban J connectivity index is 2.63. The molecule has 0 unspecified atom stereocenters. The number of nitrogens with zero attached hydrogens (tertiary/aromatic N) is 1. The maximum absolute atomic E-state index is 12.2. The van der Waals surface area contributed by atoms with Crippen molar-refractivity contribution in [2.24, 2.45) is 0 Å². The highest BCUT2D eigenvalue weighted by Crippen LogP contribution is 2.40. The highest BCUT2D eigenvalue weighted by molar-refractivity contribution is 5.98. The monoisotopic (exact) mass is 317 g/mol. The molecule has 1 aromatic carbocycles. The molecule has 0 atom stereocenters. The second-order valence-electron chi connectivity index (χ2n) is 4.99. The van der Waals surface area contributed by atoms with Crippen LogP contribution in [0.5, 0.6) is 5.75 Å². The van der Waals surface area contributed by atoms with E-state index in [9.17, 15) is 9.59 Å². The lowest BCUT2D eigenvalue weighted by Crippen LogP contribution is -2.27. The fourth-order valence-electron chi connectivity index (χ4n) is 2.61. The zero-order valence-electron chi connectivity index (χ0n) is 13.5. The molecule has 6 nitrogen and oxygen atoms in total. The van der Waals surface area contributed by atoms with Gasteiger partial charge in [0.1, 0.15) is 5.75 Å². The van der Waals surface area contributed by atoms with Crippen LogP contribution in [0.2, 0.25) is 0 Å².